The van der Waals surface area contributed by atoms with Gasteiger partial charge in [0.05, 0.1) is 25.4 Å². The van der Waals surface area contributed by atoms with Gasteiger partial charge in [0.15, 0.2) is 0 Å². The molecule has 1 saturated heterocycles. The molecule has 1 amide bonds. The van der Waals surface area contributed by atoms with Crippen LogP contribution in [0.3, 0.4) is 0 Å². The number of carbonyl (C=O) groups is 1. The highest BCUT2D eigenvalue weighted by Gasteiger charge is 2.33. The molecule has 140 valence electrons. The minimum absolute atomic E-state index is 0.0408. The molecule has 1 heterocycles. The van der Waals surface area contributed by atoms with Crippen molar-refractivity contribution in [3.05, 3.63) is 29.8 Å². The Morgan fingerprint density at radius 3 is 2.76 bits per heavy atom. The van der Waals surface area contributed by atoms with Crippen LogP contribution < -0.4 is 4.74 Å². The number of amides is 1. The molecule has 2 rings (SSSR count). The van der Waals surface area contributed by atoms with Gasteiger partial charge in [-0.3, -0.25) is 9.69 Å². The number of hydrogen-bond acceptors (Lipinski definition) is 5. The number of morpholine rings is 1. The summed E-state index contributed by atoms with van der Waals surface area (Å²) in [7, 11) is 5.14. The van der Waals surface area contributed by atoms with E-state index in [0.717, 1.165) is 30.9 Å². The molecule has 0 saturated carbocycles. The molecule has 0 bridgehead atoms. The van der Waals surface area contributed by atoms with Crippen molar-refractivity contribution in [3.63, 3.8) is 0 Å². The van der Waals surface area contributed by atoms with Crippen molar-refractivity contribution in [1.82, 2.24) is 9.80 Å². The lowest BCUT2D eigenvalue weighted by molar-refractivity contribution is -0.161. The molecule has 25 heavy (non-hydrogen) atoms. The minimum Gasteiger partial charge on any atom is -0.496 e. The maximum atomic E-state index is 11.6. The summed E-state index contributed by atoms with van der Waals surface area (Å²) in [6, 6.07) is 8.07. The van der Waals surface area contributed by atoms with E-state index in [1.54, 1.807) is 21.2 Å². The van der Waals surface area contributed by atoms with Crippen molar-refractivity contribution in [1.29, 1.82) is 0 Å². The maximum Gasteiger partial charge on any atom is 0.248 e. The van der Waals surface area contributed by atoms with Crippen molar-refractivity contribution in [3.8, 4) is 5.75 Å². The summed E-state index contributed by atoms with van der Waals surface area (Å²) >= 11 is 0. The first-order valence-electron chi connectivity index (χ1n) is 8.60. The fourth-order valence-corrected chi connectivity index (χ4v) is 3.11. The van der Waals surface area contributed by atoms with E-state index in [4.69, 9.17) is 14.2 Å². The maximum absolute atomic E-state index is 11.6. The summed E-state index contributed by atoms with van der Waals surface area (Å²) in [4.78, 5) is 15.5. The fraction of sp³-hybridized carbons (Fsp3) is 0.632. The SMILES string of the molecule is COc1ccccc1CN1CC(COCC(=O)N(C)C)OC(C)(C)C1. The molecular formula is C19H30N2O4. The summed E-state index contributed by atoms with van der Waals surface area (Å²) in [5.74, 6) is 0.858. The Kier molecular flexibility index (Phi) is 6.81. The standard InChI is InChI=1S/C19H30N2O4/c1-19(2)14-21(10-15-8-6-7-9-17(15)23-5)11-16(25-19)12-24-13-18(22)20(3)4/h6-9,16H,10-14H2,1-5H3. The lowest BCUT2D eigenvalue weighted by atomic mass is 10.0. The van der Waals surface area contributed by atoms with Crippen LogP contribution in [0.15, 0.2) is 24.3 Å². The van der Waals surface area contributed by atoms with Crippen LogP contribution in [0.5, 0.6) is 5.75 Å². The minimum atomic E-state index is -0.264. The molecule has 0 aliphatic carbocycles. The third-order valence-electron chi connectivity index (χ3n) is 4.17. The Morgan fingerprint density at radius 1 is 1.36 bits per heavy atom. The number of likely N-dealkylation sites (N-methyl/N-ethyl adjacent to an activating group) is 1. The number of methoxy groups -OCH3 is 1. The van der Waals surface area contributed by atoms with E-state index in [1.165, 1.54) is 4.90 Å². The van der Waals surface area contributed by atoms with E-state index in [9.17, 15) is 4.79 Å². The van der Waals surface area contributed by atoms with E-state index in [2.05, 4.69) is 24.8 Å². The van der Waals surface area contributed by atoms with Gasteiger partial charge in [-0.15, -0.1) is 0 Å². The molecule has 1 atom stereocenters. The number of carbonyl (C=O) groups excluding carboxylic acids is 1. The quantitative estimate of drug-likeness (QED) is 0.750. The molecule has 1 unspecified atom stereocenters. The summed E-state index contributed by atoms with van der Waals surface area (Å²) in [6.45, 7) is 7.05. The fourth-order valence-electron chi connectivity index (χ4n) is 3.11. The van der Waals surface area contributed by atoms with Crippen LogP contribution in [0, 0.1) is 0 Å². The first kappa shape index (κ1) is 19.7. The second-order valence-corrected chi connectivity index (χ2v) is 7.28. The molecule has 1 aromatic carbocycles. The van der Waals surface area contributed by atoms with Gasteiger partial charge in [0.25, 0.3) is 0 Å². The van der Waals surface area contributed by atoms with Crippen LogP contribution in [-0.2, 0) is 20.8 Å². The summed E-state index contributed by atoms with van der Waals surface area (Å²) in [5, 5.41) is 0. The van der Waals surface area contributed by atoms with Gasteiger partial charge in [-0.25, -0.2) is 0 Å². The highest BCUT2D eigenvalue weighted by molar-refractivity contribution is 5.76. The van der Waals surface area contributed by atoms with Crippen LogP contribution in [0.1, 0.15) is 19.4 Å². The number of rotatable bonds is 7. The van der Waals surface area contributed by atoms with Crippen molar-refractivity contribution in [2.24, 2.45) is 0 Å². The second-order valence-electron chi connectivity index (χ2n) is 7.28. The van der Waals surface area contributed by atoms with Crippen molar-refractivity contribution in [2.45, 2.75) is 32.1 Å². The molecule has 6 nitrogen and oxygen atoms in total. The summed E-state index contributed by atoms with van der Waals surface area (Å²) in [6.07, 6.45) is -0.0616. The van der Waals surface area contributed by atoms with Crippen LogP contribution in [0.4, 0.5) is 0 Å². The van der Waals surface area contributed by atoms with Gasteiger partial charge in [-0.05, 0) is 19.9 Å². The zero-order chi connectivity index (χ0) is 18.4. The molecule has 1 aliphatic heterocycles. The Hall–Kier alpha value is -1.63. The van der Waals surface area contributed by atoms with Crippen LogP contribution in [0.25, 0.3) is 0 Å². The van der Waals surface area contributed by atoms with Gasteiger partial charge in [0.1, 0.15) is 12.4 Å². The molecule has 0 aromatic heterocycles. The third kappa shape index (κ3) is 5.99. The molecule has 1 fully saturated rings. The lowest BCUT2D eigenvalue weighted by Gasteiger charge is -2.42. The summed E-state index contributed by atoms with van der Waals surface area (Å²) < 4.78 is 17.1. The highest BCUT2D eigenvalue weighted by atomic mass is 16.6. The average Bonchev–Trinajstić information content (AvgIpc) is 2.53. The lowest BCUT2D eigenvalue weighted by Crippen LogP contribution is -2.53. The van der Waals surface area contributed by atoms with E-state index in [0.29, 0.717) is 6.61 Å². The van der Waals surface area contributed by atoms with Gasteiger partial charge in [0, 0.05) is 39.3 Å². The Labute approximate surface area is 150 Å². The smallest absolute Gasteiger partial charge is 0.248 e. The second kappa shape index (κ2) is 8.65. The molecule has 0 spiro atoms. The zero-order valence-corrected chi connectivity index (χ0v) is 15.9. The van der Waals surface area contributed by atoms with E-state index in [1.807, 2.05) is 18.2 Å². The number of benzene rings is 1. The molecule has 0 N–H and O–H groups in total. The van der Waals surface area contributed by atoms with Gasteiger partial charge in [-0.1, -0.05) is 18.2 Å². The topological polar surface area (TPSA) is 51.2 Å². The van der Waals surface area contributed by atoms with Crippen LogP contribution >= 0.6 is 0 Å². The molecule has 0 radical (unpaired) electrons. The van der Waals surface area contributed by atoms with Crippen molar-refractivity contribution in [2.75, 3.05) is 47.5 Å². The molecule has 1 aromatic rings. The van der Waals surface area contributed by atoms with Gasteiger partial charge in [0.2, 0.25) is 5.91 Å². The van der Waals surface area contributed by atoms with Crippen LogP contribution in [-0.4, -0.2) is 74.9 Å². The monoisotopic (exact) mass is 350 g/mol. The van der Waals surface area contributed by atoms with E-state index in [-0.39, 0.29) is 24.2 Å². The van der Waals surface area contributed by atoms with Gasteiger partial charge < -0.3 is 19.1 Å². The van der Waals surface area contributed by atoms with Gasteiger partial charge in [-0.2, -0.15) is 0 Å². The Balaban J connectivity index is 1.94. The van der Waals surface area contributed by atoms with Crippen molar-refractivity contribution >= 4 is 5.91 Å². The number of nitrogens with zero attached hydrogens (tertiary/aromatic N) is 2. The third-order valence-corrected chi connectivity index (χ3v) is 4.17. The summed E-state index contributed by atoms with van der Waals surface area (Å²) in [5.41, 5.74) is 0.894. The predicted octanol–water partition coefficient (Wildman–Crippen LogP) is 1.78. The Bertz CT molecular complexity index is 574. The van der Waals surface area contributed by atoms with Crippen LogP contribution in [0.2, 0.25) is 0 Å². The molecule has 6 heteroatoms. The Morgan fingerprint density at radius 2 is 2.08 bits per heavy atom. The largest absolute Gasteiger partial charge is 0.496 e. The zero-order valence-electron chi connectivity index (χ0n) is 15.9. The normalized spacial score (nSPS) is 20.3. The van der Waals surface area contributed by atoms with E-state index < -0.39 is 0 Å². The van der Waals surface area contributed by atoms with E-state index >= 15 is 0 Å². The van der Waals surface area contributed by atoms with Gasteiger partial charge >= 0.3 is 0 Å². The molecular weight excluding hydrogens is 320 g/mol. The highest BCUT2D eigenvalue weighted by Crippen LogP contribution is 2.25. The number of ether oxygens (including phenoxy) is 3. The predicted molar refractivity (Wildman–Crippen MR) is 96.7 cm³/mol. The first-order chi connectivity index (χ1) is 11.8. The number of hydrogen-bond donors (Lipinski definition) is 0. The first-order valence-corrected chi connectivity index (χ1v) is 8.60. The molecule has 1 aliphatic rings. The van der Waals surface area contributed by atoms with Crippen molar-refractivity contribution < 1.29 is 19.0 Å². The average molecular weight is 350 g/mol. The number of para-hydroxylation sites is 1.